The Labute approximate surface area is 597 Å². The SMILES string of the molecule is CC(C)C[C@H](NC(=O)[C@H](CC(C)C)NC(=O)[C@H](CC(C)C)NC(=O)[C@H](CCCN=C(N)N)NC(=O)[C@H](CC(C)C)NC(=O)[C@H](CC(C)C)NC(=O)[C@H](CCCN=C(N)N)NC(=O)[C@H](CC(C)C)NC(=O)[C@H](CC(C)C)NC(=O)[C@H](CCCN=C(N)N)NC(=O)[C@@H](N)CCCN=C(N)N)C(N)=O. The van der Waals surface area contributed by atoms with E-state index in [0.29, 0.717) is 6.42 Å². The van der Waals surface area contributed by atoms with Crippen molar-refractivity contribution < 1.29 is 52.7 Å². The molecule has 35 heteroatoms. The fraction of sp³-hybridized carbons (Fsp3) is 0.773. The highest BCUT2D eigenvalue weighted by molar-refractivity contribution is 5.99. The number of hydrogen-bond acceptors (Lipinski definition) is 16. The molecule has 30 N–H and O–H groups in total. The summed E-state index contributed by atoms with van der Waals surface area (Å²) in [6, 6.07) is -13.5. The van der Waals surface area contributed by atoms with Crippen LogP contribution in [0.5, 0.6) is 0 Å². The molecule has 0 aliphatic rings. The van der Waals surface area contributed by atoms with E-state index in [1.807, 2.05) is 83.1 Å². The second-order valence-electron chi connectivity index (χ2n) is 28.8. The molecule has 0 aromatic carbocycles. The van der Waals surface area contributed by atoms with Gasteiger partial charge in [-0.15, -0.1) is 0 Å². The minimum Gasteiger partial charge on any atom is -0.370 e. The first-order valence-electron chi connectivity index (χ1n) is 35.3. The third kappa shape index (κ3) is 42.2. The van der Waals surface area contributed by atoms with E-state index in [2.05, 4.69) is 73.1 Å². The van der Waals surface area contributed by atoms with Crippen LogP contribution in [-0.2, 0) is 52.7 Å². The molecule has 0 unspecified atom stereocenters. The van der Waals surface area contributed by atoms with Gasteiger partial charge in [-0.25, -0.2) is 0 Å². The van der Waals surface area contributed by atoms with Crippen molar-refractivity contribution in [2.75, 3.05) is 26.2 Å². The van der Waals surface area contributed by atoms with E-state index < -0.39 is 131 Å². The highest BCUT2D eigenvalue weighted by atomic mass is 16.2. The van der Waals surface area contributed by atoms with Crippen LogP contribution in [-0.4, -0.2) is 181 Å². The zero-order valence-electron chi connectivity index (χ0n) is 62.4. The molecule has 35 nitrogen and oxygen atoms in total. The lowest BCUT2D eigenvalue weighted by molar-refractivity contribution is -0.136. The van der Waals surface area contributed by atoms with Crippen LogP contribution in [0.4, 0.5) is 0 Å². The zero-order chi connectivity index (χ0) is 77.4. The number of nitrogens with one attached hydrogen (secondary N) is 10. The van der Waals surface area contributed by atoms with Crippen LogP contribution in [0.15, 0.2) is 20.0 Å². The van der Waals surface area contributed by atoms with E-state index >= 15 is 0 Å². The average molecular weight is 1430 g/mol. The molecule has 0 saturated carbocycles. The Bertz CT molecular complexity index is 2740. The highest BCUT2D eigenvalue weighted by Gasteiger charge is 2.37. The lowest BCUT2D eigenvalue weighted by Gasteiger charge is -2.30. The Hall–Kier alpha value is -8.79. The van der Waals surface area contributed by atoms with Crippen LogP contribution in [0.2, 0.25) is 0 Å². The van der Waals surface area contributed by atoms with Crippen LogP contribution < -0.4 is 111 Å². The summed E-state index contributed by atoms with van der Waals surface area (Å²) in [5, 5.41) is 27.6. The van der Waals surface area contributed by atoms with Gasteiger partial charge < -0.3 is 111 Å². The molecule has 101 heavy (non-hydrogen) atoms. The van der Waals surface area contributed by atoms with Crippen molar-refractivity contribution in [2.24, 2.45) is 119 Å². The maximum absolute atomic E-state index is 14.7. The predicted molar refractivity (Wildman–Crippen MR) is 392 cm³/mol. The van der Waals surface area contributed by atoms with Gasteiger partial charge in [0, 0.05) is 26.2 Å². The normalized spacial score (nSPS) is 14.6. The molecule has 0 rings (SSSR count). The lowest BCUT2D eigenvalue weighted by atomic mass is 9.98. The number of carbonyl (C=O) groups is 11. The van der Waals surface area contributed by atoms with Crippen LogP contribution >= 0.6 is 0 Å². The first kappa shape index (κ1) is 92.2. The minimum absolute atomic E-state index is 0.000975. The molecule has 0 heterocycles. The minimum atomic E-state index is -1.38. The molecule has 11 atom stereocenters. The molecule has 0 spiro atoms. The Morgan fingerprint density at radius 2 is 0.396 bits per heavy atom. The Kier molecular flexibility index (Phi) is 44.6. The van der Waals surface area contributed by atoms with Gasteiger partial charge in [0.25, 0.3) is 0 Å². The van der Waals surface area contributed by atoms with Gasteiger partial charge in [-0.1, -0.05) is 96.9 Å². The third-order valence-electron chi connectivity index (χ3n) is 15.4. The van der Waals surface area contributed by atoms with E-state index in [1.165, 1.54) is 0 Å². The molecule has 0 bridgehead atoms. The van der Waals surface area contributed by atoms with E-state index in [0.717, 1.165) is 0 Å². The third-order valence-corrected chi connectivity index (χ3v) is 15.4. The molecule has 0 radical (unpaired) electrons. The zero-order valence-corrected chi connectivity index (χ0v) is 62.4. The number of nitrogens with zero attached hydrogens (tertiary/aromatic N) is 4. The van der Waals surface area contributed by atoms with E-state index in [-0.39, 0.29) is 181 Å². The average Bonchev–Trinajstić information content (AvgIpc) is 0.861. The monoisotopic (exact) mass is 1430 g/mol. The number of nitrogens with two attached hydrogens (primary N) is 10. The molecule has 0 aliphatic heterocycles. The summed E-state index contributed by atoms with van der Waals surface area (Å²) in [7, 11) is 0. The van der Waals surface area contributed by atoms with Crippen LogP contribution in [0.25, 0.3) is 0 Å². The number of rotatable bonds is 51. The van der Waals surface area contributed by atoms with Crippen molar-refractivity contribution in [1.82, 2.24) is 53.2 Å². The number of carbonyl (C=O) groups excluding carboxylic acids is 11. The van der Waals surface area contributed by atoms with Crippen molar-refractivity contribution in [2.45, 2.75) is 260 Å². The van der Waals surface area contributed by atoms with Crippen molar-refractivity contribution in [3.05, 3.63) is 0 Å². The topological polar surface area (TPSA) is 618 Å². The summed E-state index contributed by atoms with van der Waals surface area (Å²) in [5.74, 6) is -10.1. The van der Waals surface area contributed by atoms with Crippen LogP contribution in [0.3, 0.4) is 0 Å². The quantitative estimate of drug-likeness (QED) is 0.0166. The van der Waals surface area contributed by atoms with Crippen molar-refractivity contribution in [1.29, 1.82) is 0 Å². The maximum atomic E-state index is 14.7. The van der Waals surface area contributed by atoms with Crippen molar-refractivity contribution in [3.63, 3.8) is 0 Å². The molecule has 0 fully saturated rings. The van der Waals surface area contributed by atoms with E-state index in [4.69, 9.17) is 57.3 Å². The molecule has 578 valence electrons. The smallest absolute Gasteiger partial charge is 0.243 e. The molecule has 0 saturated heterocycles. The van der Waals surface area contributed by atoms with Gasteiger partial charge in [0.1, 0.15) is 60.4 Å². The summed E-state index contributed by atoms with van der Waals surface area (Å²) < 4.78 is 0. The summed E-state index contributed by atoms with van der Waals surface area (Å²) in [6.45, 7) is 26.0. The molecule has 0 aromatic heterocycles. The predicted octanol–water partition coefficient (Wildman–Crippen LogP) is -2.82. The van der Waals surface area contributed by atoms with Crippen molar-refractivity contribution in [3.8, 4) is 0 Å². The highest BCUT2D eigenvalue weighted by Crippen LogP contribution is 2.17. The first-order valence-corrected chi connectivity index (χ1v) is 35.3. The molecule has 0 aliphatic carbocycles. The van der Waals surface area contributed by atoms with Gasteiger partial charge >= 0.3 is 0 Å². The molecule has 0 aromatic rings. The van der Waals surface area contributed by atoms with Gasteiger partial charge in [0.2, 0.25) is 65.0 Å². The first-order chi connectivity index (χ1) is 47.0. The second kappa shape index (κ2) is 48.9. The Morgan fingerprint density at radius 1 is 0.238 bits per heavy atom. The van der Waals surface area contributed by atoms with Gasteiger partial charge in [-0.3, -0.25) is 72.7 Å². The fourth-order valence-electron chi connectivity index (χ4n) is 10.6. The van der Waals surface area contributed by atoms with E-state index in [9.17, 15) is 52.7 Å². The Morgan fingerprint density at radius 3 is 0.584 bits per heavy atom. The largest absolute Gasteiger partial charge is 0.370 e. The number of amides is 11. The number of primary amides is 1. The summed E-state index contributed by atoms with van der Waals surface area (Å²) in [6.07, 6.45) is 1.71. The van der Waals surface area contributed by atoms with Gasteiger partial charge in [-0.2, -0.15) is 0 Å². The van der Waals surface area contributed by atoms with Gasteiger partial charge in [0.05, 0.1) is 6.04 Å². The van der Waals surface area contributed by atoms with Crippen LogP contribution in [0.1, 0.15) is 193 Å². The summed E-state index contributed by atoms with van der Waals surface area (Å²) in [4.78, 5) is 172. The maximum Gasteiger partial charge on any atom is 0.243 e. The Balaban J connectivity index is 7.32. The number of hydrogen-bond donors (Lipinski definition) is 20. The summed E-state index contributed by atoms with van der Waals surface area (Å²) in [5.41, 5.74) is 56.2. The summed E-state index contributed by atoms with van der Waals surface area (Å²) >= 11 is 0. The van der Waals surface area contributed by atoms with Crippen LogP contribution in [0, 0.1) is 41.4 Å². The lowest BCUT2D eigenvalue weighted by Crippen LogP contribution is -2.61. The van der Waals surface area contributed by atoms with Gasteiger partial charge in [0.15, 0.2) is 23.8 Å². The molecular weight excluding hydrogens is 1300 g/mol. The second-order valence-corrected chi connectivity index (χ2v) is 28.8. The number of aliphatic imine (C=N–C) groups is 4. The van der Waals surface area contributed by atoms with Crippen molar-refractivity contribution >= 4 is 88.8 Å². The number of guanidine groups is 4. The molecular formula is C66H128N24O11. The molecule has 11 amide bonds. The standard InChI is InChI=1S/C66H128N24O11/c1-34(2)27-45(52(68)91)84-59(98)48(30-37(7)8)90-62(101)51(33-40(13)14)87-56(95)44(22-18-26-80-66(75)76)83-58(97)47(29-36(5)6)89-61(100)50(32-39(11)12)86-55(94)43(21-17-25-79-65(73)74)82-57(96)46(28-35(3)4)88-60(99)49(31-38(9)10)85-54(93)42(20-16-24-78-64(71)72)81-53(92)41(67)19-15-23-77-63(69)70/h34-51H,15-33,67H2,1-14H3,(H2,68,91)(H,81,92)(H,82,96)(H,83,97)(H,84,98)(H,85,93)(H,86,94)(H,87,95)(H,88,99)(H,89,100)(H,90,101)(H4,69,70,77)(H4,71,72,78)(H4,73,74,79)(H4,75,76,80)/t41-,42-,43-,44-,45-,46-,47-,48-,49-,50-,51-/m0/s1. The fourth-order valence-corrected chi connectivity index (χ4v) is 10.6. The van der Waals surface area contributed by atoms with Gasteiger partial charge in [-0.05, 0) is 138 Å². The van der Waals surface area contributed by atoms with E-state index in [1.54, 1.807) is 13.8 Å².